The smallest absolute Gasteiger partial charge is 0.222 e. The van der Waals surface area contributed by atoms with Crippen molar-refractivity contribution in [2.45, 2.75) is 64.3 Å². The average Bonchev–Trinajstić information content (AvgIpc) is 2.37. The van der Waals surface area contributed by atoms with E-state index in [4.69, 9.17) is 0 Å². The third-order valence-corrected chi connectivity index (χ3v) is 3.64. The fraction of sp³-hybridized carbons (Fsp3) is 0.929. The van der Waals surface area contributed by atoms with E-state index in [1.807, 2.05) is 11.9 Å². The lowest BCUT2D eigenvalue weighted by atomic mass is 10.0. The lowest BCUT2D eigenvalue weighted by Crippen LogP contribution is -2.36. The SMILES string of the molecule is CCCCCN(C)C(=O)CCC1CCCCN1. The van der Waals surface area contributed by atoms with E-state index in [-0.39, 0.29) is 0 Å². The van der Waals surface area contributed by atoms with Crippen LogP contribution < -0.4 is 5.32 Å². The van der Waals surface area contributed by atoms with Crippen molar-refractivity contribution >= 4 is 5.91 Å². The van der Waals surface area contributed by atoms with Gasteiger partial charge in [-0.15, -0.1) is 0 Å². The zero-order valence-electron chi connectivity index (χ0n) is 11.5. The molecule has 1 amide bonds. The first-order valence-corrected chi connectivity index (χ1v) is 7.21. The lowest BCUT2D eigenvalue weighted by Gasteiger charge is -2.24. The predicted octanol–water partition coefficient (Wildman–Crippen LogP) is 2.56. The van der Waals surface area contributed by atoms with E-state index in [0.29, 0.717) is 18.4 Å². The van der Waals surface area contributed by atoms with E-state index in [9.17, 15) is 4.79 Å². The molecule has 1 saturated heterocycles. The molecule has 1 atom stereocenters. The highest BCUT2D eigenvalue weighted by Crippen LogP contribution is 2.12. The van der Waals surface area contributed by atoms with E-state index in [1.54, 1.807) is 0 Å². The van der Waals surface area contributed by atoms with E-state index < -0.39 is 0 Å². The third-order valence-electron chi connectivity index (χ3n) is 3.64. The Balaban J connectivity index is 2.10. The highest BCUT2D eigenvalue weighted by molar-refractivity contribution is 5.75. The highest BCUT2D eigenvalue weighted by Gasteiger charge is 2.15. The van der Waals surface area contributed by atoms with Gasteiger partial charge in [0.15, 0.2) is 0 Å². The Kier molecular flexibility index (Phi) is 7.25. The molecule has 1 N–H and O–H groups in total. The summed E-state index contributed by atoms with van der Waals surface area (Å²) in [5.74, 6) is 0.313. The number of unbranched alkanes of at least 4 members (excludes halogenated alkanes) is 2. The summed E-state index contributed by atoms with van der Waals surface area (Å²) in [6.45, 7) is 4.24. The molecule has 100 valence electrons. The Morgan fingerprint density at radius 3 is 2.82 bits per heavy atom. The minimum Gasteiger partial charge on any atom is -0.346 e. The van der Waals surface area contributed by atoms with Crippen molar-refractivity contribution in [2.75, 3.05) is 20.1 Å². The maximum atomic E-state index is 11.9. The van der Waals surface area contributed by atoms with Crippen LogP contribution in [0.3, 0.4) is 0 Å². The number of rotatable bonds is 7. The average molecular weight is 240 g/mol. The molecule has 0 radical (unpaired) electrons. The first-order chi connectivity index (χ1) is 8.24. The van der Waals surface area contributed by atoms with Gasteiger partial charge in [0.05, 0.1) is 0 Å². The highest BCUT2D eigenvalue weighted by atomic mass is 16.2. The number of nitrogens with zero attached hydrogens (tertiary/aromatic N) is 1. The van der Waals surface area contributed by atoms with Gasteiger partial charge in [0.1, 0.15) is 0 Å². The number of carbonyl (C=O) groups is 1. The van der Waals surface area contributed by atoms with E-state index in [0.717, 1.165) is 25.9 Å². The molecule has 3 nitrogen and oxygen atoms in total. The standard InChI is InChI=1S/C14H28N2O/c1-3-4-7-12-16(2)14(17)10-9-13-8-5-6-11-15-13/h13,15H,3-12H2,1-2H3. The molecule has 3 heteroatoms. The van der Waals surface area contributed by atoms with Gasteiger partial charge in [0.25, 0.3) is 0 Å². The zero-order valence-corrected chi connectivity index (χ0v) is 11.5. The van der Waals surface area contributed by atoms with Crippen LogP contribution in [0.4, 0.5) is 0 Å². The Hall–Kier alpha value is -0.570. The van der Waals surface area contributed by atoms with Crippen LogP contribution in [0.2, 0.25) is 0 Å². The molecular weight excluding hydrogens is 212 g/mol. The van der Waals surface area contributed by atoms with Crippen LogP contribution in [-0.2, 0) is 4.79 Å². The van der Waals surface area contributed by atoms with Crippen LogP contribution in [0.5, 0.6) is 0 Å². The van der Waals surface area contributed by atoms with Crippen LogP contribution >= 0.6 is 0 Å². The summed E-state index contributed by atoms with van der Waals surface area (Å²) in [4.78, 5) is 13.8. The minimum atomic E-state index is 0.313. The number of amides is 1. The van der Waals surface area contributed by atoms with Crippen LogP contribution in [0.25, 0.3) is 0 Å². The van der Waals surface area contributed by atoms with Crippen molar-refractivity contribution in [2.24, 2.45) is 0 Å². The fourth-order valence-electron chi connectivity index (χ4n) is 2.38. The Bertz CT molecular complexity index is 212. The van der Waals surface area contributed by atoms with Gasteiger partial charge < -0.3 is 10.2 Å². The van der Waals surface area contributed by atoms with Gasteiger partial charge in [-0.2, -0.15) is 0 Å². The lowest BCUT2D eigenvalue weighted by molar-refractivity contribution is -0.130. The van der Waals surface area contributed by atoms with Crippen LogP contribution in [0, 0.1) is 0 Å². The van der Waals surface area contributed by atoms with Gasteiger partial charge in [0.2, 0.25) is 5.91 Å². The normalized spacial score (nSPS) is 20.2. The molecule has 0 bridgehead atoms. The van der Waals surface area contributed by atoms with Crippen LogP contribution in [-0.4, -0.2) is 37.0 Å². The molecule has 1 aliphatic rings. The molecular formula is C14H28N2O. The van der Waals surface area contributed by atoms with E-state index in [2.05, 4.69) is 12.2 Å². The summed E-state index contributed by atoms with van der Waals surface area (Å²) >= 11 is 0. The molecule has 0 saturated carbocycles. The first-order valence-electron chi connectivity index (χ1n) is 7.21. The topological polar surface area (TPSA) is 32.3 Å². The molecule has 1 fully saturated rings. The Morgan fingerprint density at radius 1 is 1.35 bits per heavy atom. The van der Waals surface area contributed by atoms with E-state index in [1.165, 1.54) is 32.1 Å². The van der Waals surface area contributed by atoms with Crippen molar-refractivity contribution in [1.82, 2.24) is 10.2 Å². The van der Waals surface area contributed by atoms with E-state index >= 15 is 0 Å². The largest absolute Gasteiger partial charge is 0.346 e. The number of hydrogen-bond acceptors (Lipinski definition) is 2. The minimum absolute atomic E-state index is 0.313. The maximum Gasteiger partial charge on any atom is 0.222 e. The van der Waals surface area contributed by atoms with Crippen LogP contribution in [0.1, 0.15) is 58.3 Å². The molecule has 0 aromatic rings. The Morgan fingerprint density at radius 2 is 2.18 bits per heavy atom. The van der Waals surface area contributed by atoms with Gasteiger partial charge in [-0.25, -0.2) is 0 Å². The summed E-state index contributed by atoms with van der Waals surface area (Å²) in [6.07, 6.45) is 9.15. The summed E-state index contributed by atoms with van der Waals surface area (Å²) in [5, 5.41) is 3.49. The number of piperidine rings is 1. The molecule has 0 aliphatic carbocycles. The number of hydrogen-bond donors (Lipinski definition) is 1. The third kappa shape index (κ3) is 6.06. The number of carbonyl (C=O) groups excluding carboxylic acids is 1. The van der Waals surface area contributed by atoms with Gasteiger partial charge in [0, 0.05) is 26.1 Å². The molecule has 1 heterocycles. The molecule has 1 unspecified atom stereocenters. The van der Waals surface area contributed by atoms with Gasteiger partial charge in [-0.05, 0) is 32.2 Å². The monoisotopic (exact) mass is 240 g/mol. The van der Waals surface area contributed by atoms with Gasteiger partial charge in [-0.1, -0.05) is 26.2 Å². The quantitative estimate of drug-likeness (QED) is 0.694. The second-order valence-electron chi connectivity index (χ2n) is 5.21. The molecule has 17 heavy (non-hydrogen) atoms. The number of nitrogens with one attached hydrogen (secondary N) is 1. The van der Waals surface area contributed by atoms with Crippen LogP contribution in [0.15, 0.2) is 0 Å². The van der Waals surface area contributed by atoms with Crippen molar-refractivity contribution in [3.63, 3.8) is 0 Å². The summed E-state index contributed by atoms with van der Waals surface area (Å²) in [7, 11) is 1.94. The van der Waals surface area contributed by atoms with Crippen molar-refractivity contribution in [3.05, 3.63) is 0 Å². The summed E-state index contributed by atoms with van der Waals surface area (Å²) < 4.78 is 0. The van der Waals surface area contributed by atoms with Crippen molar-refractivity contribution in [3.8, 4) is 0 Å². The second-order valence-corrected chi connectivity index (χ2v) is 5.21. The molecule has 1 rings (SSSR count). The Labute approximate surface area is 106 Å². The van der Waals surface area contributed by atoms with Gasteiger partial charge >= 0.3 is 0 Å². The molecule has 1 aliphatic heterocycles. The second kappa shape index (κ2) is 8.51. The first kappa shape index (κ1) is 14.5. The maximum absolute atomic E-state index is 11.9. The molecule has 0 aromatic heterocycles. The molecule has 0 aromatic carbocycles. The zero-order chi connectivity index (χ0) is 12.5. The van der Waals surface area contributed by atoms with Gasteiger partial charge in [-0.3, -0.25) is 4.79 Å². The van der Waals surface area contributed by atoms with Crippen molar-refractivity contribution in [1.29, 1.82) is 0 Å². The molecule has 0 spiro atoms. The summed E-state index contributed by atoms with van der Waals surface area (Å²) in [5.41, 5.74) is 0. The predicted molar refractivity (Wildman–Crippen MR) is 72.0 cm³/mol. The fourth-order valence-corrected chi connectivity index (χ4v) is 2.38. The van der Waals surface area contributed by atoms with Crippen molar-refractivity contribution < 1.29 is 4.79 Å². The summed E-state index contributed by atoms with van der Waals surface area (Å²) in [6, 6.07) is 0.580.